The Morgan fingerprint density at radius 1 is 1.00 bits per heavy atom. The van der Waals surface area contributed by atoms with Crippen molar-refractivity contribution in [1.29, 1.82) is 0 Å². The number of piperidine rings is 1. The number of halogens is 3. The molecule has 1 heterocycles. The molecule has 0 spiro atoms. The van der Waals surface area contributed by atoms with E-state index in [1.165, 1.54) is 12.8 Å². The zero-order valence-electron chi connectivity index (χ0n) is 7.40. The van der Waals surface area contributed by atoms with E-state index < -0.39 is 12.1 Å². The summed E-state index contributed by atoms with van der Waals surface area (Å²) in [6, 6.07) is 0.374. The van der Waals surface area contributed by atoms with Crippen LogP contribution < -0.4 is 5.32 Å². The fraction of sp³-hybridized carbons (Fsp3) is 1.00. The van der Waals surface area contributed by atoms with Gasteiger partial charge in [0, 0.05) is 12.6 Å². The van der Waals surface area contributed by atoms with Crippen LogP contribution in [0.4, 0.5) is 13.2 Å². The molecule has 4 heteroatoms. The molecular weight excluding hydrogens is 179 g/mol. The van der Waals surface area contributed by atoms with E-state index in [-0.39, 0.29) is 6.54 Å². The lowest BCUT2D eigenvalue weighted by Gasteiger charge is -2.31. The fourth-order valence-corrected chi connectivity index (χ4v) is 2.06. The summed E-state index contributed by atoms with van der Waals surface area (Å²) in [6.07, 6.45) is -0.573. The number of alkyl halides is 3. The van der Waals surface area contributed by atoms with Crippen molar-refractivity contribution in [1.82, 2.24) is 5.32 Å². The summed E-state index contributed by atoms with van der Waals surface area (Å²) in [6.45, 7) is 0.130. The van der Waals surface area contributed by atoms with Crippen molar-refractivity contribution in [3.63, 3.8) is 0 Å². The van der Waals surface area contributed by atoms with E-state index in [9.17, 15) is 13.2 Å². The van der Waals surface area contributed by atoms with Crippen LogP contribution in [-0.2, 0) is 0 Å². The van der Waals surface area contributed by atoms with Gasteiger partial charge in [0.15, 0.2) is 0 Å². The van der Waals surface area contributed by atoms with E-state index in [0.29, 0.717) is 24.8 Å². The van der Waals surface area contributed by atoms with Crippen LogP contribution in [-0.4, -0.2) is 18.8 Å². The minimum absolute atomic E-state index is 0.130. The Morgan fingerprint density at radius 2 is 1.69 bits per heavy atom. The maximum Gasteiger partial charge on any atom is 0.393 e. The van der Waals surface area contributed by atoms with Crippen molar-refractivity contribution in [2.24, 2.45) is 11.8 Å². The molecule has 0 aromatic rings. The van der Waals surface area contributed by atoms with E-state index >= 15 is 0 Å². The van der Waals surface area contributed by atoms with E-state index in [1.807, 2.05) is 0 Å². The first-order chi connectivity index (χ1) is 6.07. The highest BCUT2D eigenvalue weighted by atomic mass is 19.4. The van der Waals surface area contributed by atoms with Gasteiger partial charge in [0.2, 0.25) is 0 Å². The molecule has 1 N–H and O–H groups in total. The highest BCUT2D eigenvalue weighted by molar-refractivity contribution is 4.91. The van der Waals surface area contributed by atoms with Crippen molar-refractivity contribution < 1.29 is 13.2 Å². The summed E-state index contributed by atoms with van der Waals surface area (Å²) in [7, 11) is 0. The summed E-state index contributed by atoms with van der Waals surface area (Å²) < 4.78 is 36.7. The molecule has 2 rings (SSSR count). The molecule has 1 aliphatic carbocycles. The average molecular weight is 193 g/mol. The maximum atomic E-state index is 12.2. The van der Waals surface area contributed by atoms with Crippen LogP contribution >= 0.6 is 0 Å². The summed E-state index contributed by atoms with van der Waals surface area (Å²) in [5.41, 5.74) is 0. The Hall–Kier alpha value is -0.250. The monoisotopic (exact) mass is 193 g/mol. The molecule has 76 valence electrons. The smallest absolute Gasteiger partial charge is 0.313 e. The van der Waals surface area contributed by atoms with Gasteiger partial charge in [0.1, 0.15) is 0 Å². The predicted octanol–water partition coefficient (Wildman–Crippen LogP) is 2.33. The van der Waals surface area contributed by atoms with Gasteiger partial charge in [0.05, 0.1) is 5.92 Å². The van der Waals surface area contributed by atoms with Crippen LogP contribution in [0, 0.1) is 11.8 Å². The molecule has 2 unspecified atom stereocenters. The van der Waals surface area contributed by atoms with Gasteiger partial charge < -0.3 is 5.32 Å². The molecule has 0 amide bonds. The Kier molecular flexibility index (Phi) is 2.26. The van der Waals surface area contributed by atoms with Crippen molar-refractivity contribution in [3.05, 3.63) is 0 Å². The van der Waals surface area contributed by atoms with Gasteiger partial charge in [-0.15, -0.1) is 0 Å². The van der Waals surface area contributed by atoms with Crippen LogP contribution in [0.5, 0.6) is 0 Å². The number of hydrogen-bond acceptors (Lipinski definition) is 1. The van der Waals surface area contributed by atoms with Gasteiger partial charge in [-0.3, -0.25) is 0 Å². The Morgan fingerprint density at radius 3 is 2.08 bits per heavy atom. The van der Waals surface area contributed by atoms with Gasteiger partial charge in [-0.05, 0) is 31.6 Å². The van der Waals surface area contributed by atoms with Gasteiger partial charge in [-0.2, -0.15) is 13.2 Å². The van der Waals surface area contributed by atoms with Crippen molar-refractivity contribution >= 4 is 0 Å². The summed E-state index contributed by atoms with van der Waals surface area (Å²) in [5, 5.41) is 3.02. The Labute approximate surface area is 75.7 Å². The van der Waals surface area contributed by atoms with Crippen LogP contribution in [0.1, 0.15) is 25.7 Å². The third-order valence-corrected chi connectivity index (χ3v) is 3.11. The highest BCUT2D eigenvalue weighted by Crippen LogP contribution is 2.39. The van der Waals surface area contributed by atoms with Crippen LogP contribution in [0.2, 0.25) is 0 Å². The van der Waals surface area contributed by atoms with Gasteiger partial charge in [0.25, 0.3) is 0 Å². The topological polar surface area (TPSA) is 12.0 Å². The second kappa shape index (κ2) is 3.15. The summed E-state index contributed by atoms with van der Waals surface area (Å²) in [5.74, 6) is -0.434. The van der Waals surface area contributed by atoms with Crippen LogP contribution in [0.15, 0.2) is 0 Å². The zero-order chi connectivity index (χ0) is 9.47. The van der Waals surface area contributed by atoms with Crippen LogP contribution in [0.25, 0.3) is 0 Å². The number of nitrogens with one attached hydrogen (secondary N) is 1. The zero-order valence-corrected chi connectivity index (χ0v) is 7.40. The molecule has 0 radical (unpaired) electrons. The SMILES string of the molecule is FC(F)(F)C1CCC(C2CC2)NC1. The van der Waals surface area contributed by atoms with Gasteiger partial charge in [-0.1, -0.05) is 0 Å². The van der Waals surface area contributed by atoms with Crippen LogP contribution in [0.3, 0.4) is 0 Å². The van der Waals surface area contributed by atoms with Crippen molar-refractivity contribution in [2.75, 3.05) is 6.54 Å². The van der Waals surface area contributed by atoms with E-state index in [4.69, 9.17) is 0 Å². The quantitative estimate of drug-likeness (QED) is 0.674. The largest absolute Gasteiger partial charge is 0.393 e. The van der Waals surface area contributed by atoms with E-state index in [0.717, 1.165) is 0 Å². The highest BCUT2D eigenvalue weighted by Gasteiger charge is 2.43. The summed E-state index contributed by atoms with van der Waals surface area (Å²) >= 11 is 0. The molecule has 1 aliphatic heterocycles. The normalized spacial score (nSPS) is 36.2. The summed E-state index contributed by atoms with van der Waals surface area (Å²) in [4.78, 5) is 0. The molecule has 1 saturated carbocycles. The lowest BCUT2D eigenvalue weighted by atomic mass is 9.92. The van der Waals surface area contributed by atoms with Crippen molar-refractivity contribution in [2.45, 2.75) is 37.9 Å². The van der Waals surface area contributed by atoms with Gasteiger partial charge in [-0.25, -0.2) is 0 Å². The first kappa shape index (κ1) is 9.31. The third-order valence-electron chi connectivity index (χ3n) is 3.11. The molecule has 2 fully saturated rings. The number of rotatable bonds is 1. The lowest BCUT2D eigenvalue weighted by molar-refractivity contribution is -0.179. The molecule has 0 aromatic heterocycles. The second-order valence-corrected chi connectivity index (χ2v) is 4.17. The molecule has 2 atom stereocenters. The van der Waals surface area contributed by atoms with Crippen molar-refractivity contribution in [3.8, 4) is 0 Å². The molecule has 13 heavy (non-hydrogen) atoms. The minimum atomic E-state index is -4.00. The molecule has 2 aliphatic rings. The molecular formula is C9H14F3N. The van der Waals surface area contributed by atoms with Gasteiger partial charge >= 0.3 is 6.18 Å². The standard InChI is InChI=1S/C9H14F3N/c10-9(11,12)7-3-4-8(13-5-7)6-1-2-6/h6-8,13H,1-5H2. The maximum absolute atomic E-state index is 12.2. The van der Waals surface area contributed by atoms with E-state index in [1.54, 1.807) is 0 Å². The number of hydrogen-bond donors (Lipinski definition) is 1. The molecule has 1 nitrogen and oxygen atoms in total. The first-order valence-electron chi connectivity index (χ1n) is 4.87. The average Bonchev–Trinajstić information content (AvgIpc) is 2.85. The third kappa shape index (κ3) is 2.16. The first-order valence-corrected chi connectivity index (χ1v) is 4.87. The molecule has 0 aromatic carbocycles. The molecule has 0 bridgehead atoms. The second-order valence-electron chi connectivity index (χ2n) is 4.17. The minimum Gasteiger partial charge on any atom is -0.313 e. The lowest BCUT2D eigenvalue weighted by Crippen LogP contribution is -2.45. The Balaban J connectivity index is 1.81. The Bertz CT molecular complexity index is 178. The fourth-order valence-electron chi connectivity index (χ4n) is 2.06. The molecule has 1 saturated heterocycles. The van der Waals surface area contributed by atoms with E-state index in [2.05, 4.69) is 5.32 Å². The predicted molar refractivity (Wildman–Crippen MR) is 43.3 cm³/mol.